The van der Waals surface area contributed by atoms with Gasteiger partial charge in [0.25, 0.3) is 0 Å². The van der Waals surface area contributed by atoms with Gasteiger partial charge in [-0.15, -0.1) is 0 Å². The van der Waals surface area contributed by atoms with Gasteiger partial charge < -0.3 is 50.5 Å². The van der Waals surface area contributed by atoms with Crippen LogP contribution < -0.4 is 5.32 Å². The molecule has 0 saturated carbocycles. The third-order valence-corrected chi connectivity index (χ3v) is 9.07. The Morgan fingerprint density at radius 1 is 0.723 bits per heavy atom. The van der Waals surface area contributed by atoms with Crippen molar-refractivity contribution in [1.82, 2.24) is 5.32 Å². The summed E-state index contributed by atoms with van der Waals surface area (Å²) in [5, 5.41) is 74.7. The lowest BCUT2D eigenvalue weighted by molar-refractivity contribution is -0.303. The zero-order valence-corrected chi connectivity index (χ0v) is 29.3. The van der Waals surface area contributed by atoms with Crippen molar-refractivity contribution in [3.8, 4) is 0 Å². The summed E-state index contributed by atoms with van der Waals surface area (Å²) in [6.45, 7) is 3.30. The highest BCUT2D eigenvalue weighted by molar-refractivity contribution is 5.80. The Bertz CT molecular complexity index is 785. The highest BCUT2D eigenvalue weighted by Crippen LogP contribution is 2.23. The first-order valence-corrected chi connectivity index (χ1v) is 18.6. The highest BCUT2D eigenvalue weighted by Gasteiger charge is 2.44. The number of unbranched alkanes of at least 4 members (excludes halogenated alkanes) is 15. The number of hydrogen-bond acceptors (Lipinski definition) is 10. The molecule has 11 nitrogen and oxygen atoms in total. The maximum Gasteiger partial charge on any atom is 0.249 e. The largest absolute Gasteiger partial charge is 0.394 e. The Balaban J connectivity index is 2.54. The van der Waals surface area contributed by atoms with Gasteiger partial charge in [0.15, 0.2) is 6.29 Å². The van der Waals surface area contributed by atoms with Gasteiger partial charge in [-0.25, -0.2) is 0 Å². The van der Waals surface area contributed by atoms with E-state index in [-0.39, 0.29) is 6.42 Å². The van der Waals surface area contributed by atoms with E-state index < -0.39 is 74.2 Å². The second-order valence-corrected chi connectivity index (χ2v) is 13.3. The fraction of sp³-hybridized carbons (Fsp3) is 0.917. The molecule has 1 saturated heterocycles. The molecule has 0 aromatic rings. The number of hydrogen-bond donors (Lipinski definition) is 8. The van der Waals surface area contributed by atoms with Crippen molar-refractivity contribution in [2.24, 2.45) is 0 Å². The molecule has 0 radical (unpaired) electrons. The number of allylic oxidation sites excluding steroid dienone is 2. The standard InChI is InChI=1S/C36H69NO10/c1-3-5-7-9-11-12-13-14-15-16-17-18-20-22-24-29(40)35(45)37-27(31(41)28(39)23-21-19-10-8-6-4-2)26-46-36-34(44)33(43)32(42)30(25-38)47-36/h12-13,27-34,36,38-44H,3-11,14-26H2,1-2H3,(H,37,45)/b13-12-. The van der Waals surface area contributed by atoms with Crippen LogP contribution in [0.4, 0.5) is 0 Å². The van der Waals surface area contributed by atoms with E-state index >= 15 is 0 Å². The highest BCUT2D eigenvalue weighted by atomic mass is 16.7. The summed E-state index contributed by atoms with van der Waals surface area (Å²) < 4.78 is 11.0. The van der Waals surface area contributed by atoms with Crippen molar-refractivity contribution in [2.75, 3.05) is 13.2 Å². The lowest BCUT2D eigenvalue weighted by Crippen LogP contribution is -2.60. The summed E-state index contributed by atoms with van der Waals surface area (Å²) in [7, 11) is 0. The molecular weight excluding hydrogens is 606 g/mol. The van der Waals surface area contributed by atoms with Gasteiger partial charge in [-0.3, -0.25) is 4.79 Å². The summed E-state index contributed by atoms with van der Waals surface area (Å²) in [6, 6.07) is -1.16. The molecule has 0 bridgehead atoms. The Hall–Kier alpha value is -1.15. The number of nitrogens with one attached hydrogen (secondary N) is 1. The van der Waals surface area contributed by atoms with Gasteiger partial charge in [-0.2, -0.15) is 0 Å². The minimum absolute atomic E-state index is 0.253. The summed E-state index contributed by atoms with van der Waals surface area (Å²) in [4.78, 5) is 12.9. The minimum Gasteiger partial charge on any atom is -0.394 e. The molecule has 8 N–H and O–H groups in total. The first-order valence-electron chi connectivity index (χ1n) is 18.6. The van der Waals surface area contributed by atoms with Gasteiger partial charge in [0.2, 0.25) is 5.91 Å². The van der Waals surface area contributed by atoms with Crippen LogP contribution in [0.3, 0.4) is 0 Å². The molecule has 1 heterocycles. The zero-order chi connectivity index (χ0) is 34.9. The number of aliphatic hydroxyl groups excluding tert-OH is 7. The molecule has 47 heavy (non-hydrogen) atoms. The molecule has 0 aromatic heterocycles. The van der Waals surface area contributed by atoms with E-state index in [4.69, 9.17) is 9.47 Å². The van der Waals surface area contributed by atoms with Gasteiger partial charge in [0.1, 0.15) is 36.6 Å². The third-order valence-electron chi connectivity index (χ3n) is 9.07. The number of amides is 1. The second-order valence-electron chi connectivity index (χ2n) is 13.3. The monoisotopic (exact) mass is 675 g/mol. The predicted octanol–water partition coefficient (Wildman–Crippen LogP) is 3.77. The molecule has 1 aliphatic rings. The van der Waals surface area contributed by atoms with Crippen LogP contribution in [0, 0.1) is 0 Å². The number of carbonyl (C=O) groups is 1. The summed E-state index contributed by atoms with van der Waals surface area (Å²) in [5.41, 5.74) is 0. The third kappa shape index (κ3) is 19.0. The van der Waals surface area contributed by atoms with Crippen molar-refractivity contribution in [1.29, 1.82) is 0 Å². The SMILES string of the molecule is CCCCCC/C=C\CCCCCCCCC(O)C(=O)NC(COC1OC(CO)C(O)C(O)C1O)C(O)C(O)CCCCCCCC. The van der Waals surface area contributed by atoms with Gasteiger partial charge in [-0.1, -0.05) is 116 Å². The minimum atomic E-state index is -1.66. The molecule has 278 valence electrons. The topological polar surface area (TPSA) is 189 Å². The van der Waals surface area contributed by atoms with Crippen LogP contribution in [-0.4, -0.2) is 110 Å². The molecule has 9 atom stereocenters. The first kappa shape index (κ1) is 43.9. The fourth-order valence-corrected chi connectivity index (χ4v) is 5.84. The summed E-state index contributed by atoms with van der Waals surface area (Å²) in [5.74, 6) is -0.709. The second kappa shape index (κ2) is 27.6. The summed E-state index contributed by atoms with van der Waals surface area (Å²) in [6.07, 6.45) is 13.1. The van der Waals surface area contributed by atoms with Crippen LogP contribution in [-0.2, 0) is 14.3 Å². The van der Waals surface area contributed by atoms with E-state index in [0.717, 1.165) is 70.6 Å². The molecule has 0 aromatic carbocycles. The van der Waals surface area contributed by atoms with Crippen LogP contribution >= 0.6 is 0 Å². The molecule has 9 unspecified atom stereocenters. The molecule has 1 rings (SSSR count). The quantitative estimate of drug-likeness (QED) is 0.0428. The van der Waals surface area contributed by atoms with E-state index in [1.807, 2.05) is 0 Å². The Labute approximate surface area is 283 Å². The van der Waals surface area contributed by atoms with Crippen LogP contribution in [0.1, 0.15) is 142 Å². The van der Waals surface area contributed by atoms with E-state index in [9.17, 15) is 40.5 Å². The van der Waals surface area contributed by atoms with Crippen LogP contribution in [0.2, 0.25) is 0 Å². The fourth-order valence-electron chi connectivity index (χ4n) is 5.84. The van der Waals surface area contributed by atoms with Crippen molar-refractivity contribution in [2.45, 2.75) is 197 Å². The maximum absolute atomic E-state index is 12.9. The van der Waals surface area contributed by atoms with Crippen molar-refractivity contribution in [3.63, 3.8) is 0 Å². The van der Waals surface area contributed by atoms with Gasteiger partial charge >= 0.3 is 0 Å². The molecule has 1 aliphatic heterocycles. The van der Waals surface area contributed by atoms with Gasteiger partial charge in [0, 0.05) is 0 Å². The molecule has 1 amide bonds. The Kier molecular flexibility index (Phi) is 25.8. The van der Waals surface area contributed by atoms with E-state index in [1.54, 1.807) is 0 Å². The number of carbonyl (C=O) groups excluding carboxylic acids is 1. The molecule has 0 aliphatic carbocycles. The van der Waals surface area contributed by atoms with Crippen LogP contribution in [0.15, 0.2) is 12.2 Å². The zero-order valence-electron chi connectivity index (χ0n) is 29.3. The van der Waals surface area contributed by atoms with Crippen molar-refractivity contribution >= 4 is 5.91 Å². The van der Waals surface area contributed by atoms with E-state index in [0.29, 0.717) is 19.3 Å². The van der Waals surface area contributed by atoms with E-state index in [1.165, 1.54) is 32.1 Å². The van der Waals surface area contributed by atoms with Crippen LogP contribution in [0.5, 0.6) is 0 Å². The first-order chi connectivity index (χ1) is 22.7. The van der Waals surface area contributed by atoms with Crippen molar-refractivity contribution < 1.29 is 50.0 Å². The predicted molar refractivity (Wildman–Crippen MR) is 182 cm³/mol. The van der Waals surface area contributed by atoms with Gasteiger partial charge in [-0.05, 0) is 38.5 Å². The number of aliphatic hydroxyl groups is 7. The van der Waals surface area contributed by atoms with Gasteiger partial charge in [0.05, 0.1) is 25.4 Å². The summed E-state index contributed by atoms with van der Waals surface area (Å²) >= 11 is 0. The Morgan fingerprint density at radius 2 is 1.23 bits per heavy atom. The van der Waals surface area contributed by atoms with Crippen LogP contribution in [0.25, 0.3) is 0 Å². The normalized spacial score (nSPS) is 24.3. The molecule has 1 fully saturated rings. The average Bonchev–Trinajstić information content (AvgIpc) is 3.07. The Morgan fingerprint density at radius 3 is 1.81 bits per heavy atom. The van der Waals surface area contributed by atoms with E-state index in [2.05, 4.69) is 31.3 Å². The molecular formula is C36H69NO10. The number of rotatable bonds is 29. The van der Waals surface area contributed by atoms with Crippen molar-refractivity contribution in [3.05, 3.63) is 12.2 Å². The molecule has 11 heteroatoms. The maximum atomic E-state index is 12.9. The lowest BCUT2D eigenvalue weighted by Gasteiger charge is -2.40. The average molecular weight is 676 g/mol. The smallest absolute Gasteiger partial charge is 0.249 e. The number of ether oxygens (including phenoxy) is 2. The molecule has 0 spiro atoms. The lowest BCUT2D eigenvalue weighted by atomic mass is 9.98.